The predicted octanol–water partition coefficient (Wildman–Crippen LogP) is 4.52. The first kappa shape index (κ1) is 13.9. The molecule has 19 heavy (non-hydrogen) atoms. The van der Waals surface area contributed by atoms with Crippen LogP contribution in [0.25, 0.3) is 0 Å². The van der Waals surface area contributed by atoms with Crippen LogP contribution in [0.4, 0.5) is 10.1 Å². The molecule has 100 valence electrons. The van der Waals surface area contributed by atoms with Crippen LogP contribution in [0.1, 0.15) is 18.4 Å². The van der Waals surface area contributed by atoms with Gasteiger partial charge in [-0.25, -0.2) is 4.39 Å². The van der Waals surface area contributed by atoms with Gasteiger partial charge in [-0.2, -0.15) is 0 Å². The van der Waals surface area contributed by atoms with Gasteiger partial charge in [0.1, 0.15) is 5.82 Å². The van der Waals surface area contributed by atoms with Gasteiger partial charge in [-0.3, -0.25) is 0 Å². The zero-order valence-corrected chi connectivity index (χ0v) is 11.6. The third-order valence-electron chi connectivity index (χ3n) is 2.94. The number of unbranched alkanes of at least 4 members (excludes halogenated alkanes) is 1. The maximum absolute atomic E-state index is 13.2. The maximum atomic E-state index is 13.2. The average molecular weight is 275 g/mol. The van der Waals surface area contributed by atoms with Gasteiger partial charge in [0, 0.05) is 4.90 Å². The molecule has 0 unspecified atom stereocenters. The molecule has 2 N–H and O–H groups in total. The smallest absolute Gasteiger partial charge is 0.147 e. The summed E-state index contributed by atoms with van der Waals surface area (Å²) in [5, 5.41) is 0. The fourth-order valence-electron chi connectivity index (χ4n) is 1.86. The highest BCUT2D eigenvalue weighted by Gasteiger charge is 2.00. The van der Waals surface area contributed by atoms with E-state index in [9.17, 15) is 4.39 Å². The number of nitrogen functional groups attached to an aromatic ring is 1. The van der Waals surface area contributed by atoms with Crippen LogP contribution >= 0.6 is 11.8 Å². The van der Waals surface area contributed by atoms with Crippen LogP contribution in [0.5, 0.6) is 0 Å². The van der Waals surface area contributed by atoms with Gasteiger partial charge in [0.15, 0.2) is 0 Å². The van der Waals surface area contributed by atoms with E-state index in [1.807, 2.05) is 12.1 Å². The molecule has 0 saturated heterocycles. The summed E-state index contributed by atoms with van der Waals surface area (Å²) in [6.07, 6.45) is 3.40. The van der Waals surface area contributed by atoms with Gasteiger partial charge < -0.3 is 5.73 Å². The van der Waals surface area contributed by atoms with Crippen LogP contribution in [0.15, 0.2) is 53.4 Å². The minimum atomic E-state index is -0.325. The lowest BCUT2D eigenvalue weighted by Crippen LogP contribution is -1.90. The lowest BCUT2D eigenvalue weighted by molar-refractivity contribution is 0.629. The monoisotopic (exact) mass is 275 g/mol. The van der Waals surface area contributed by atoms with E-state index in [0.29, 0.717) is 0 Å². The van der Waals surface area contributed by atoms with Gasteiger partial charge in [0.05, 0.1) is 5.69 Å². The minimum absolute atomic E-state index is 0.216. The Labute approximate surface area is 118 Å². The quantitative estimate of drug-likeness (QED) is 0.476. The molecule has 0 aliphatic carbocycles. The molecule has 0 aliphatic rings. The molecule has 0 atom stereocenters. The Morgan fingerprint density at radius 3 is 2.53 bits per heavy atom. The van der Waals surface area contributed by atoms with Gasteiger partial charge in [-0.15, -0.1) is 11.8 Å². The molecule has 0 saturated carbocycles. The topological polar surface area (TPSA) is 26.0 Å². The molecule has 2 aromatic rings. The normalized spacial score (nSPS) is 10.6. The zero-order valence-electron chi connectivity index (χ0n) is 10.8. The minimum Gasteiger partial charge on any atom is -0.396 e. The van der Waals surface area contributed by atoms with Crippen LogP contribution < -0.4 is 5.73 Å². The van der Waals surface area contributed by atoms with Crippen molar-refractivity contribution in [2.45, 2.75) is 24.2 Å². The van der Waals surface area contributed by atoms with Crippen molar-refractivity contribution in [3.05, 3.63) is 59.9 Å². The first-order valence-electron chi connectivity index (χ1n) is 6.47. The Morgan fingerprint density at radius 1 is 1.00 bits per heavy atom. The van der Waals surface area contributed by atoms with E-state index in [4.69, 9.17) is 5.73 Å². The molecule has 0 fully saturated rings. The molecule has 2 aromatic carbocycles. The summed E-state index contributed by atoms with van der Waals surface area (Å²) in [7, 11) is 0. The average Bonchev–Trinajstić information content (AvgIpc) is 2.43. The van der Waals surface area contributed by atoms with Crippen LogP contribution in [0, 0.1) is 5.82 Å². The van der Waals surface area contributed by atoms with Crippen molar-refractivity contribution in [1.82, 2.24) is 0 Å². The number of benzene rings is 2. The second-order valence-corrected chi connectivity index (χ2v) is 5.64. The van der Waals surface area contributed by atoms with Crippen molar-refractivity contribution in [1.29, 1.82) is 0 Å². The first-order valence-corrected chi connectivity index (χ1v) is 7.46. The molecule has 0 amide bonds. The van der Waals surface area contributed by atoms with E-state index in [1.165, 1.54) is 11.6 Å². The molecule has 0 spiro atoms. The van der Waals surface area contributed by atoms with Crippen LogP contribution in [0.3, 0.4) is 0 Å². The Morgan fingerprint density at radius 2 is 1.79 bits per heavy atom. The zero-order chi connectivity index (χ0) is 13.5. The second kappa shape index (κ2) is 7.19. The number of halogens is 1. The third kappa shape index (κ3) is 4.60. The Kier molecular flexibility index (Phi) is 5.28. The van der Waals surface area contributed by atoms with E-state index >= 15 is 0 Å². The number of thioether (sulfide) groups is 1. The van der Waals surface area contributed by atoms with Gasteiger partial charge >= 0.3 is 0 Å². The predicted molar refractivity (Wildman–Crippen MR) is 80.9 cm³/mol. The summed E-state index contributed by atoms with van der Waals surface area (Å²) in [4.78, 5) is 0.950. The number of anilines is 1. The molecule has 1 nitrogen and oxygen atoms in total. The van der Waals surface area contributed by atoms with Crippen molar-refractivity contribution in [3.8, 4) is 0 Å². The van der Waals surface area contributed by atoms with Crippen LogP contribution in [0.2, 0.25) is 0 Å². The summed E-state index contributed by atoms with van der Waals surface area (Å²) >= 11 is 1.68. The second-order valence-electron chi connectivity index (χ2n) is 4.47. The lowest BCUT2D eigenvalue weighted by Gasteiger charge is -2.04. The molecular formula is C16H18FNS. The summed E-state index contributed by atoms with van der Waals surface area (Å²) < 4.78 is 13.2. The lowest BCUT2D eigenvalue weighted by atomic mass is 10.1. The third-order valence-corrected chi connectivity index (χ3v) is 4.02. The number of hydrogen-bond acceptors (Lipinski definition) is 2. The maximum Gasteiger partial charge on any atom is 0.147 e. The van der Waals surface area contributed by atoms with Gasteiger partial charge in [0.25, 0.3) is 0 Å². The van der Waals surface area contributed by atoms with Crippen molar-refractivity contribution < 1.29 is 4.39 Å². The van der Waals surface area contributed by atoms with E-state index in [-0.39, 0.29) is 11.5 Å². The number of rotatable bonds is 6. The highest BCUT2D eigenvalue weighted by Crippen LogP contribution is 2.23. The van der Waals surface area contributed by atoms with Gasteiger partial charge in [-0.05, 0) is 48.8 Å². The summed E-state index contributed by atoms with van der Waals surface area (Å²) in [6.45, 7) is 0. The summed E-state index contributed by atoms with van der Waals surface area (Å²) in [6, 6.07) is 15.5. The van der Waals surface area contributed by atoms with E-state index in [0.717, 1.165) is 29.9 Å². The Hall–Kier alpha value is -1.48. The number of nitrogens with two attached hydrogens (primary N) is 1. The summed E-state index contributed by atoms with van der Waals surface area (Å²) in [5.41, 5.74) is 7.04. The van der Waals surface area contributed by atoms with E-state index in [2.05, 4.69) is 24.3 Å². The van der Waals surface area contributed by atoms with Gasteiger partial charge in [-0.1, -0.05) is 30.3 Å². The Bertz CT molecular complexity index is 513. The van der Waals surface area contributed by atoms with Crippen molar-refractivity contribution in [3.63, 3.8) is 0 Å². The molecule has 0 aliphatic heterocycles. The molecule has 2 rings (SSSR count). The van der Waals surface area contributed by atoms with E-state index < -0.39 is 0 Å². The molecular weight excluding hydrogens is 257 g/mol. The summed E-state index contributed by atoms with van der Waals surface area (Å²) in [5.74, 6) is 0.685. The highest BCUT2D eigenvalue weighted by molar-refractivity contribution is 7.99. The molecule has 3 heteroatoms. The highest BCUT2D eigenvalue weighted by atomic mass is 32.2. The largest absolute Gasteiger partial charge is 0.396 e. The van der Waals surface area contributed by atoms with Crippen molar-refractivity contribution >= 4 is 17.4 Å². The molecule has 0 heterocycles. The van der Waals surface area contributed by atoms with Crippen molar-refractivity contribution in [2.24, 2.45) is 0 Å². The SMILES string of the molecule is Nc1ccc(SCCCCc2ccccc2)cc1F. The number of aryl methyl sites for hydroxylation is 1. The van der Waals surface area contributed by atoms with E-state index in [1.54, 1.807) is 17.8 Å². The standard InChI is InChI=1S/C16H18FNS/c17-15-12-14(9-10-16(15)18)19-11-5-4-8-13-6-2-1-3-7-13/h1-3,6-7,9-10,12H,4-5,8,11,18H2. The molecule has 0 aromatic heterocycles. The van der Waals surface area contributed by atoms with Crippen LogP contribution in [-0.4, -0.2) is 5.75 Å². The fourth-order valence-corrected chi connectivity index (χ4v) is 2.80. The van der Waals surface area contributed by atoms with Crippen molar-refractivity contribution in [2.75, 3.05) is 11.5 Å². The first-order chi connectivity index (χ1) is 9.25. The molecule has 0 bridgehead atoms. The number of hydrogen-bond donors (Lipinski definition) is 1. The fraction of sp³-hybridized carbons (Fsp3) is 0.250. The molecule has 0 radical (unpaired) electrons. The van der Waals surface area contributed by atoms with Gasteiger partial charge in [0.2, 0.25) is 0 Å². The van der Waals surface area contributed by atoms with Crippen LogP contribution in [-0.2, 0) is 6.42 Å². The Balaban J connectivity index is 1.68.